The highest BCUT2D eigenvalue weighted by molar-refractivity contribution is 5.84. The van der Waals surface area contributed by atoms with Crippen LogP contribution in [0.25, 0.3) is 22.3 Å². The quantitative estimate of drug-likeness (QED) is 0.183. The van der Waals surface area contributed by atoms with Crippen LogP contribution in [0.2, 0.25) is 0 Å². The predicted molar refractivity (Wildman–Crippen MR) is 171 cm³/mol. The van der Waals surface area contributed by atoms with Gasteiger partial charge in [0.25, 0.3) is 0 Å². The van der Waals surface area contributed by atoms with Crippen LogP contribution >= 0.6 is 0 Å². The zero-order valence-corrected chi connectivity index (χ0v) is 25.7. The van der Waals surface area contributed by atoms with E-state index < -0.39 is 0 Å². The second kappa shape index (κ2) is 13.8. The molecule has 0 atom stereocenters. The third-order valence-electron chi connectivity index (χ3n) is 8.82. The van der Waals surface area contributed by atoms with Gasteiger partial charge in [-0.1, -0.05) is 104 Å². The lowest BCUT2D eigenvalue weighted by molar-refractivity contribution is 0.368. The van der Waals surface area contributed by atoms with E-state index in [2.05, 4.69) is 113 Å². The first-order valence-corrected chi connectivity index (χ1v) is 15.4. The molecule has 2 heteroatoms. The highest BCUT2D eigenvalue weighted by Gasteiger charge is 2.42. The van der Waals surface area contributed by atoms with Gasteiger partial charge in [0.05, 0.1) is 0 Å². The number of hydrogen-bond acceptors (Lipinski definition) is 2. The maximum absolute atomic E-state index is 2.56. The summed E-state index contributed by atoms with van der Waals surface area (Å²) >= 11 is 0. The van der Waals surface area contributed by atoms with Crippen molar-refractivity contribution in [2.24, 2.45) is 0 Å². The Morgan fingerprint density at radius 1 is 0.487 bits per heavy atom. The van der Waals surface area contributed by atoms with Crippen LogP contribution in [0.3, 0.4) is 0 Å². The van der Waals surface area contributed by atoms with Gasteiger partial charge in [-0.3, -0.25) is 0 Å². The number of aryl methyl sites for hydroxylation is 2. The van der Waals surface area contributed by atoms with Crippen LogP contribution in [0.1, 0.15) is 86.5 Å². The van der Waals surface area contributed by atoms with Crippen molar-refractivity contribution in [3.8, 4) is 22.3 Å². The smallest absolute Gasteiger partial charge is 0.0215 e. The molecule has 210 valence electrons. The molecule has 0 radical (unpaired) electrons. The number of hydrogen-bond donors (Lipinski definition) is 0. The van der Waals surface area contributed by atoms with E-state index >= 15 is 0 Å². The van der Waals surface area contributed by atoms with E-state index in [1.165, 1.54) is 111 Å². The summed E-state index contributed by atoms with van der Waals surface area (Å²) in [7, 11) is 8.75. The van der Waals surface area contributed by atoms with Crippen molar-refractivity contribution in [1.82, 2.24) is 9.80 Å². The molecule has 1 aliphatic rings. The van der Waals surface area contributed by atoms with E-state index in [-0.39, 0.29) is 5.41 Å². The third-order valence-corrected chi connectivity index (χ3v) is 8.82. The first-order valence-electron chi connectivity index (χ1n) is 15.4. The fraction of sp³-hybridized carbons (Fsp3) is 0.514. The lowest BCUT2D eigenvalue weighted by atomic mass is 9.70. The monoisotopic (exact) mass is 524 g/mol. The molecule has 2 nitrogen and oxygen atoms in total. The summed E-state index contributed by atoms with van der Waals surface area (Å²) in [6.07, 6.45) is 13.0. The highest BCUT2D eigenvalue weighted by Crippen LogP contribution is 2.55. The summed E-state index contributed by atoms with van der Waals surface area (Å²) in [6, 6.07) is 23.7. The van der Waals surface area contributed by atoms with E-state index in [0.717, 1.165) is 0 Å². The Morgan fingerprint density at radius 2 is 0.949 bits per heavy atom. The normalized spacial score (nSPS) is 13.7. The summed E-state index contributed by atoms with van der Waals surface area (Å²) in [5.74, 6) is 0. The Morgan fingerprint density at radius 3 is 1.51 bits per heavy atom. The van der Waals surface area contributed by atoms with Crippen LogP contribution in [0.15, 0.2) is 60.7 Å². The SMILES string of the molecule is Cc1ccc(-c2ccc3c(c2)C(CCCCCCN(C)C)(CCCCCCN(C)C)c2cc(C)ccc2-3)cc1. The zero-order valence-electron chi connectivity index (χ0n) is 25.7. The Bertz CT molecular complexity index is 1170. The molecule has 0 fully saturated rings. The van der Waals surface area contributed by atoms with E-state index in [1.807, 2.05) is 0 Å². The molecule has 4 rings (SSSR count). The minimum Gasteiger partial charge on any atom is -0.309 e. The van der Waals surface area contributed by atoms with Gasteiger partial charge in [0.15, 0.2) is 0 Å². The van der Waals surface area contributed by atoms with Gasteiger partial charge in [0.1, 0.15) is 0 Å². The average Bonchev–Trinajstić information content (AvgIpc) is 3.16. The standard InChI is InChI=1S/C37H52N2/c1-29-15-18-31(19-16-29)32-20-22-34-33-21-17-30(2)27-35(33)37(36(34)28-32,23-11-7-9-13-25-38(3)4)24-12-8-10-14-26-39(5)6/h15-22,27-28H,7-14,23-26H2,1-6H3. The maximum atomic E-state index is 2.56. The lowest BCUT2D eigenvalue weighted by Crippen LogP contribution is -2.26. The van der Waals surface area contributed by atoms with Gasteiger partial charge >= 0.3 is 0 Å². The summed E-state index contributed by atoms with van der Waals surface area (Å²) in [5.41, 5.74) is 11.7. The second-order valence-electron chi connectivity index (χ2n) is 12.7. The minimum absolute atomic E-state index is 0.125. The highest BCUT2D eigenvalue weighted by atomic mass is 15.0. The van der Waals surface area contributed by atoms with Gasteiger partial charge in [-0.05, 0) is 120 Å². The average molecular weight is 525 g/mol. The van der Waals surface area contributed by atoms with E-state index in [1.54, 1.807) is 11.1 Å². The Balaban J connectivity index is 1.65. The number of unbranched alkanes of at least 4 members (excludes halogenated alkanes) is 6. The molecule has 0 aliphatic heterocycles. The molecular weight excluding hydrogens is 472 g/mol. The van der Waals surface area contributed by atoms with Crippen molar-refractivity contribution < 1.29 is 0 Å². The third kappa shape index (κ3) is 7.41. The van der Waals surface area contributed by atoms with Gasteiger partial charge in [0.2, 0.25) is 0 Å². The van der Waals surface area contributed by atoms with Crippen LogP contribution in [-0.4, -0.2) is 51.1 Å². The van der Waals surface area contributed by atoms with Crippen LogP contribution in [0, 0.1) is 13.8 Å². The number of nitrogens with zero attached hydrogens (tertiary/aromatic N) is 2. The molecule has 0 amide bonds. The molecule has 1 aliphatic carbocycles. The van der Waals surface area contributed by atoms with Crippen molar-refractivity contribution in [3.05, 3.63) is 82.9 Å². The van der Waals surface area contributed by atoms with Crippen molar-refractivity contribution in [3.63, 3.8) is 0 Å². The molecule has 0 aromatic heterocycles. The molecule has 0 spiro atoms. The van der Waals surface area contributed by atoms with Crippen LogP contribution < -0.4 is 0 Å². The Kier molecular flexibility index (Phi) is 10.4. The molecule has 3 aromatic carbocycles. The van der Waals surface area contributed by atoms with Crippen LogP contribution in [-0.2, 0) is 5.41 Å². The van der Waals surface area contributed by atoms with Gasteiger partial charge in [0, 0.05) is 5.41 Å². The predicted octanol–water partition coefficient (Wildman–Crippen LogP) is 9.26. The zero-order chi connectivity index (χ0) is 27.8. The van der Waals surface area contributed by atoms with Gasteiger partial charge in [-0.15, -0.1) is 0 Å². The van der Waals surface area contributed by atoms with E-state index in [0.29, 0.717) is 0 Å². The van der Waals surface area contributed by atoms with Crippen LogP contribution in [0.4, 0.5) is 0 Å². The summed E-state index contributed by atoms with van der Waals surface area (Å²) < 4.78 is 0. The summed E-state index contributed by atoms with van der Waals surface area (Å²) in [4.78, 5) is 4.63. The topological polar surface area (TPSA) is 6.48 Å². The fourth-order valence-electron chi connectivity index (χ4n) is 6.61. The number of rotatable bonds is 15. The molecule has 39 heavy (non-hydrogen) atoms. The first kappa shape index (κ1) is 29.6. The van der Waals surface area contributed by atoms with Gasteiger partial charge < -0.3 is 9.80 Å². The molecule has 0 unspecified atom stereocenters. The number of fused-ring (bicyclic) bond motifs is 3. The van der Waals surface area contributed by atoms with Crippen molar-refractivity contribution in [2.75, 3.05) is 41.3 Å². The molecule has 0 N–H and O–H groups in total. The molecule has 0 saturated heterocycles. The molecular formula is C37H52N2. The van der Waals surface area contributed by atoms with Crippen LogP contribution in [0.5, 0.6) is 0 Å². The molecule has 3 aromatic rings. The van der Waals surface area contributed by atoms with Crippen molar-refractivity contribution in [1.29, 1.82) is 0 Å². The fourth-order valence-corrected chi connectivity index (χ4v) is 6.61. The summed E-state index contributed by atoms with van der Waals surface area (Å²) in [6.45, 7) is 6.84. The minimum atomic E-state index is 0.125. The second-order valence-corrected chi connectivity index (χ2v) is 12.7. The van der Waals surface area contributed by atoms with Crippen molar-refractivity contribution >= 4 is 0 Å². The van der Waals surface area contributed by atoms with Crippen molar-refractivity contribution in [2.45, 2.75) is 83.5 Å². The molecule has 0 heterocycles. The lowest BCUT2D eigenvalue weighted by Gasteiger charge is -2.33. The summed E-state index contributed by atoms with van der Waals surface area (Å²) in [5, 5.41) is 0. The largest absolute Gasteiger partial charge is 0.309 e. The van der Waals surface area contributed by atoms with E-state index in [9.17, 15) is 0 Å². The van der Waals surface area contributed by atoms with E-state index in [4.69, 9.17) is 0 Å². The number of benzene rings is 3. The van der Waals surface area contributed by atoms with Gasteiger partial charge in [-0.25, -0.2) is 0 Å². The maximum Gasteiger partial charge on any atom is 0.0215 e. The molecule has 0 saturated carbocycles. The molecule has 0 bridgehead atoms. The first-order chi connectivity index (χ1) is 18.8. The Hall–Kier alpha value is -2.42. The Labute approximate surface area is 239 Å². The van der Waals surface area contributed by atoms with Gasteiger partial charge in [-0.2, -0.15) is 0 Å².